The van der Waals surface area contributed by atoms with E-state index in [1.54, 1.807) is 0 Å². The van der Waals surface area contributed by atoms with E-state index < -0.39 is 0 Å². The topological polar surface area (TPSA) is 29.3 Å². The van der Waals surface area contributed by atoms with Gasteiger partial charge in [-0.25, -0.2) is 0 Å². The van der Waals surface area contributed by atoms with Gasteiger partial charge < -0.3 is 5.73 Å². The maximum atomic E-state index is 6.08. The van der Waals surface area contributed by atoms with Crippen LogP contribution in [0, 0.1) is 0 Å². The van der Waals surface area contributed by atoms with Gasteiger partial charge in [-0.15, -0.1) is 0 Å². The Morgan fingerprint density at radius 3 is 2.33 bits per heavy atom. The Hall–Kier alpha value is -0.0800. The molecule has 0 aromatic carbocycles. The Kier molecular flexibility index (Phi) is 3.53. The third kappa shape index (κ3) is 2.20. The summed E-state index contributed by atoms with van der Waals surface area (Å²) in [5.41, 5.74) is 6.08. The summed E-state index contributed by atoms with van der Waals surface area (Å²) in [5, 5.41) is 0. The predicted molar refractivity (Wildman–Crippen MR) is 53.1 cm³/mol. The van der Waals surface area contributed by atoms with Gasteiger partial charge in [-0.2, -0.15) is 0 Å². The predicted octanol–water partition coefficient (Wildman–Crippen LogP) is 1.60. The molecular weight excluding hydrogens is 148 g/mol. The van der Waals surface area contributed by atoms with Crippen molar-refractivity contribution in [2.75, 3.05) is 7.05 Å². The van der Waals surface area contributed by atoms with E-state index in [4.69, 9.17) is 5.73 Å². The van der Waals surface area contributed by atoms with Crippen molar-refractivity contribution in [3.8, 4) is 0 Å². The van der Waals surface area contributed by atoms with Crippen molar-refractivity contribution in [1.82, 2.24) is 4.90 Å². The molecule has 0 aromatic heterocycles. The van der Waals surface area contributed by atoms with Crippen LogP contribution in [0.3, 0.4) is 0 Å². The van der Waals surface area contributed by atoms with Gasteiger partial charge in [-0.1, -0.05) is 12.8 Å². The average Bonchev–Trinajstić information content (AvgIpc) is 2.04. The van der Waals surface area contributed by atoms with Gasteiger partial charge >= 0.3 is 0 Å². The molecule has 2 N–H and O–H groups in total. The van der Waals surface area contributed by atoms with Gasteiger partial charge in [0.1, 0.15) is 0 Å². The monoisotopic (exact) mass is 170 g/mol. The Labute approximate surface area is 76.1 Å². The Morgan fingerprint density at radius 2 is 1.83 bits per heavy atom. The smallest absolute Gasteiger partial charge is 0.0246 e. The van der Waals surface area contributed by atoms with Crippen molar-refractivity contribution in [2.45, 2.75) is 57.7 Å². The van der Waals surface area contributed by atoms with Crippen LogP contribution >= 0.6 is 0 Å². The molecule has 0 spiro atoms. The standard InChI is InChI=1S/C10H22N2/c1-8(2)12(3)10-7-5-4-6-9(10)11/h8-10H,4-7,11H2,1-3H3. The first-order chi connectivity index (χ1) is 5.63. The van der Waals surface area contributed by atoms with Crippen LogP contribution < -0.4 is 5.73 Å². The molecule has 1 rings (SSSR count). The van der Waals surface area contributed by atoms with Crippen LogP contribution in [0.2, 0.25) is 0 Å². The Balaban J connectivity index is 2.47. The normalized spacial score (nSPS) is 31.5. The zero-order valence-corrected chi connectivity index (χ0v) is 8.59. The second-order valence-electron chi connectivity index (χ2n) is 4.27. The van der Waals surface area contributed by atoms with E-state index in [9.17, 15) is 0 Å². The average molecular weight is 170 g/mol. The minimum Gasteiger partial charge on any atom is -0.326 e. The summed E-state index contributed by atoms with van der Waals surface area (Å²) in [5.74, 6) is 0. The molecule has 1 aliphatic rings. The molecule has 1 fully saturated rings. The summed E-state index contributed by atoms with van der Waals surface area (Å²) >= 11 is 0. The molecule has 0 heterocycles. The van der Waals surface area contributed by atoms with Crippen LogP contribution in [0.5, 0.6) is 0 Å². The first-order valence-corrected chi connectivity index (χ1v) is 5.10. The number of nitrogens with two attached hydrogens (primary N) is 1. The van der Waals surface area contributed by atoms with E-state index in [1.165, 1.54) is 25.7 Å². The molecule has 0 aliphatic heterocycles. The highest BCUT2D eigenvalue weighted by Gasteiger charge is 2.26. The fraction of sp³-hybridized carbons (Fsp3) is 1.00. The van der Waals surface area contributed by atoms with Crippen molar-refractivity contribution in [1.29, 1.82) is 0 Å². The summed E-state index contributed by atoms with van der Waals surface area (Å²) in [6.07, 6.45) is 5.18. The van der Waals surface area contributed by atoms with E-state index >= 15 is 0 Å². The summed E-state index contributed by atoms with van der Waals surface area (Å²) in [7, 11) is 2.19. The molecule has 0 amide bonds. The number of hydrogen-bond donors (Lipinski definition) is 1. The molecule has 0 bridgehead atoms. The summed E-state index contributed by atoms with van der Waals surface area (Å²) in [4.78, 5) is 2.42. The zero-order chi connectivity index (χ0) is 9.14. The van der Waals surface area contributed by atoms with Gasteiger partial charge in [-0.05, 0) is 33.7 Å². The SMILES string of the molecule is CC(C)N(C)C1CCCCC1N. The summed E-state index contributed by atoms with van der Waals surface area (Å²) < 4.78 is 0. The van der Waals surface area contributed by atoms with Crippen LogP contribution in [-0.2, 0) is 0 Å². The first kappa shape index (κ1) is 10.0. The lowest BCUT2D eigenvalue weighted by Crippen LogP contribution is -2.50. The van der Waals surface area contributed by atoms with Gasteiger partial charge in [0.15, 0.2) is 0 Å². The lowest BCUT2D eigenvalue weighted by Gasteiger charge is -2.38. The zero-order valence-electron chi connectivity index (χ0n) is 8.59. The molecule has 0 saturated heterocycles. The number of likely N-dealkylation sites (N-methyl/N-ethyl adjacent to an activating group) is 1. The van der Waals surface area contributed by atoms with E-state index in [-0.39, 0.29) is 0 Å². The fourth-order valence-corrected chi connectivity index (χ4v) is 2.03. The molecule has 2 nitrogen and oxygen atoms in total. The van der Waals surface area contributed by atoms with Crippen LogP contribution in [-0.4, -0.2) is 30.1 Å². The second-order valence-corrected chi connectivity index (χ2v) is 4.27. The molecule has 1 saturated carbocycles. The van der Waals surface area contributed by atoms with E-state index in [2.05, 4.69) is 25.8 Å². The van der Waals surface area contributed by atoms with Crippen molar-refractivity contribution >= 4 is 0 Å². The Bertz CT molecular complexity index is 134. The molecule has 12 heavy (non-hydrogen) atoms. The molecule has 1 aliphatic carbocycles. The highest BCUT2D eigenvalue weighted by Crippen LogP contribution is 2.21. The molecule has 72 valence electrons. The summed E-state index contributed by atoms with van der Waals surface area (Å²) in [6.45, 7) is 4.47. The van der Waals surface area contributed by atoms with Gasteiger partial charge in [0.25, 0.3) is 0 Å². The second kappa shape index (κ2) is 4.24. The number of nitrogens with zero attached hydrogens (tertiary/aromatic N) is 1. The molecule has 2 unspecified atom stereocenters. The largest absolute Gasteiger partial charge is 0.326 e. The van der Waals surface area contributed by atoms with Gasteiger partial charge in [-0.3, -0.25) is 4.90 Å². The van der Waals surface area contributed by atoms with Crippen LogP contribution in [0.4, 0.5) is 0 Å². The molecule has 0 radical (unpaired) electrons. The minimum atomic E-state index is 0.408. The van der Waals surface area contributed by atoms with Crippen LogP contribution in [0.15, 0.2) is 0 Å². The molecule has 2 atom stereocenters. The maximum Gasteiger partial charge on any atom is 0.0246 e. The highest BCUT2D eigenvalue weighted by molar-refractivity contribution is 4.85. The highest BCUT2D eigenvalue weighted by atomic mass is 15.2. The van der Waals surface area contributed by atoms with Crippen molar-refractivity contribution < 1.29 is 0 Å². The Morgan fingerprint density at radius 1 is 1.25 bits per heavy atom. The minimum absolute atomic E-state index is 0.408. The van der Waals surface area contributed by atoms with E-state index in [1.807, 2.05) is 0 Å². The van der Waals surface area contributed by atoms with Gasteiger partial charge in [0.05, 0.1) is 0 Å². The quantitative estimate of drug-likeness (QED) is 0.682. The molecule has 0 aromatic rings. The maximum absolute atomic E-state index is 6.08. The van der Waals surface area contributed by atoms with Gasteiger partial charge in [0, 0.05) is 18.1 Å². The lowest BCUT2D eigenvalue weighted by atomic mass is 9.89. The third-order valence-electron chi connectivity index (χ3n) is 3.12. The first-order valence-electron chi connectivity index (χ1n) is 5.10. The summed E-state index contributed by atoms with van der Waals surface area (Å²) in [6, 6.07) is 1.66. The van der Waals surface area contributed by atoms with Gasteiger partial charge in [0.2, 0.25) is 0 Å². The number of hydrogen-bond acceptors (Lipinski definition) is 2. The number of rotatable bonds is 2. The van der Waals surface area contributed by atoms with Crippen molar-refractivity contribution in [2.24, 2.45) is 5.73 Å². The molecule has 2 heteroatoms. The van der Waals surface area contributed by atoms with Crippen molar-refractivity contribution in [3.05, 3.63) is 0 Å². The molecular formula is C10H22N2. The lowest BCUT2D eigenvalue weighted by molar-refractivity contribution is 0.136. The van der Waals surface area contributed by atoms with E-state index in [0.717, 1.165) is 0 Å². The fourth-order valence-electron chi connectivity index (χ4n) is 2.03. The van der Waals surface area contributed by atoms with Crippen LogP contribution in [0.25, 0.3) is 0 Å². The van der Waals surface area contributed by atoms with Crippen molar-refractivity contribution in [3.63, 3.8) is 0 Å². The third-order valence-corrected chi connectivity index (χ3v) is 3.12. The van der Waals surface area contributed by atoms with E-state index in [0.29, 0.717) is 18.1 Å². The van der Waals surface area contributed by atoms with Crippen LogP contribution in [0.1, 0.15) is 39.5 Å².